The van der Waals surface area contributed by atoms with Crippen molar-refractivity contribution in [2.45, 2.75) is 17.1 Å². The maximum absolute atomic E-state index is 13.6. The van der Waals surface area contributed by atoms with Gasteiger partial charge in [-0.2, -0.15) is 5.10 Å². The van der Waals surface area contributed by atoms with Gasteiger partial charge in [-0.15, -0.1) is 11.8 Å². The summed E-state index contributed by atoms with van der Waals surface area (Å²) in [7, 11) is 0. The summed E-state index contributed by atoms with van der Waals surface area (Å²) in [5.74, 6) is -0.528. The Bertz CT molecular complexity index is 1210. The molecule has 166 valence electrons. The summed E-state index contributed by atoms with van der Waals surface area (Å²) in [5, 5.41) is 6.77. The van der Waals surface area contributed by atoms with Crippen LogP contribution >= 0.6 is 11.8 Å². The van der Waals surface area contributed by atoms with Crippen LogP contribution in [0, 0.1) is 0 Å². The highest BCUT2D eigenvalue weighted by Gasteiger charge is 2.27. The predicted octanol–water partition coefficient (Wildman–Crippen LogP) is 5.52. The monoisotopic (exact) mass is 457 g/mol. The molecule has 4 aromatic rings. The molecule has 0 fully saturated rings. The normalized spacial score (nSPS) is 11.5. The number of carbonyl (C=O) groups is 2. The van der Waals surface area contributed by atoms with Gasteiger partial charge in [0, 0.05) is 4.90 Å². The van der Waals surface area contributed by atoms with Crippen LogP contribution in [0.3, 0.4) is 0 Å². The SMILES string of the molecule is CCOC(=O)c1cnn(-c2ccccc2)c1NC(=O)C(Sc1ccccc1)c1ccccc1. The minimum atomic E-state index is -0.540. The molecule has 1 unspecified atom stereocenters. The Morgan fingerprint density at radius 1 is 0.939 bits per heavy atom. The van der Waals surface area contributed by atoms with Gasteiger partial charge in [0.2, 0.25) is 5.91 Å². The fourth-order valence-electron chi connectivity index (χ4n) is 3.31. The number of anilines is 1. The van der Waals surface area contributed by atoms with E-state index in [2.05, 4.69) is 10.4 Å². The van der Waals surface area contributed by atoms with Crippen molar-refractivity contribution in [3.63, 3.8) is 0 Å². The lowest BCUT2D eigenvalue weighted by molar-refractivity contribution is -0.115. The molecule has 4 rings (SSSR count). The third kappa shape index (κ3) is 5.32. The van der Waals surface area contributed by atoms with E-state index in [4.69, 9.17) is 4.74 Å². The largest absolute Gasteiger partial charge is 0.462 e. The van der Waals surface area contributed by atoms with Gasteiger partial charge in [-0.05, 0) is 36.8 Å². The number of amides is 1. The van der Waals surface area contributed by atoms with Crippen LogP contribution in [0.4, 0.5) is 5.82 Å². The van der Waals surface area contributed by atoms with Crippen LogP contribution in [0.2, 0.25) is 0 Å². The molecule has 0 aliphatic rings. The number of para-hydroxylation sites is 1. The summed E-state index contributed by atoms with van der Waals surface area (Å²) in [6.45, 7) is 1.96. The van der Waals surface area contributed by atoms with Crippen LogP contribution < -0.4 is 5.32 Å². The number of thioether (sulfide) groups is 1. The van der Waals surface area contributed by atoms with E-state index in [0.717, 1.165) is 16.1 Å². The van der Waals surface area contributed by atoms with Crippen LogP contribution in [-0.4, -0.2) is 28.3 Å². The molecular weight excluding hydrogens is 434 g/mol. The molecule has 0 aliphatic carbocycles. The summed E-state index contributed by atoms with van der Waals surface area (Å²) >= 11 is 1.44. The fraction of sp³-hybridized carbons (Fsp3) is 0.115. The van der Waals surface area contributed by atoms with Gasteiger partial charge in [-0.25, -0.2) is 9.48 Å². The van der Waals surface area contributed by atoms with Crippen LogP contribution in [0.15, 0.2) is 102 Å². The van der Waals surface area contributed by atoms with Crippen molar-refractivity contribution in [2.75, 3.05) is 11.9 Å². The van der Waals surface area contributed by atoms with Crippen LogP contribution in [0.25, 0.3) is 5.69 Å². The molecule has 6 nitrogen and oxygen atoms in total. The van der Waals surface area contributed by atoms with Gasteiger partial charge in [0.05, 0.1) is 18.5 Å². The van der Waals surface area contributed by atoms with E-state index in [9.17, 15) is 9.59 Å². The van der Waals surface area contributed by atoms with Crippen molar-refractivity contribution in [2.24, 2.45) is 0 Å². The molecule has 0 aliphatic heterocycles. The Kier molecular flexibility index (Phi) is 7.22. The van der Waals surface area contributed by atoms with Gasteiger partial charge in [0.15, 0.2) is 5.82 Å². The number of benzene rings is 3. The van der Waals surface area contributed by atoms with Crippen molar-refractivity contribution in [3.8, 4) is 5.69 Å². The average Bonchev–Trinajstić information content (AvgIpc) is 3.28. The molecule has 1 aromatic heterocycles. The Balaban J connectivity index is 1.71. The van der Waals surface area contributed by atoms with E-state index in [1.54, 1.807) is 11.6 Å². The third-order valence-corrected chi connectivity index (χ3v) is 6.11. The summed E-state index contributed by atoms with van der Waals surface area (Å²) in [5.41, 5.74) is 1.77. The van der Waals surface area contributed by atoms with E-state index < -0.39 is 11.2 Å². The van der Waals surface area contributed by atoms with Gasteiger partial charge in [0.25, 0.3) is 0 Å². The van der Waals surface area contributed by atoms with Crippen LogP contribution in [0.1, 0.15) is 28.1 Å². The second kappa shape index (κ2) is 10.7. The number of hydrogen-bond acceptors (Lipinski definition) is 5. The number of nitrogens with one attached hydrogen (secondary N) is 1. The molecular formula is C26H23N3O3S. The number of nitrogens with zero attached hydrogens (tertiary/aromatic N) is 2. The number of carbonyl (C=O) groups excluding carboxylic acids is 2. The third-order valence-electron chi connectivity index (χ3n) is 4.84. The molecule has 7 heteroatoms. The molecule has 3 aromatic carbocycles. The smallest absolute Gasteiger partial charge is 0.343 e. The first-order valence-corrected chi connectivity index (χ1v) is 11.4. The number of hydrogen-bond donors (Lipinski definition) is 1. The minimum absolute atomic E-state index is 0.200. The first-order chi connectivity index (χ1) is 16.2. The van der Waals surface area contributed by atoms with E-state index in [-0.39, 0.29) is 23.9 Å². The van der Waals surface area contributed by atoms with Gasteiger partial charge in [-0.1, -0.05) is 66.7 Å². The standard InChI is InChI=1S/C26H23N3O3S/c1-2-32-26(31)22-18-27-29(20-14-8-4-9-15-20)24(22)28-25(30)23(19-12-6-3-7-13-19)33-21-16-10-5-11-17-21/h3-18,23H,2H2,1H3,(H,28,30). The Labute approximate surface area is 196 Å². The Morgan fingerprint density at radius 3 is 2.18 bits per heavy atom. The topological polar surface area (TPSA) is 73.2 Å². The van der Waals surface area contributed by atoms with E-state index >= 15 is 0 Å². The molecule has 1 atom stereocenters. The quantitative estimate of drug-likeness (QED) is 0.279. The van der Waals surface area contributed by atoms with Crippen molar-refractivity contribution in [3.05, 3.63) is 108 Å². The molecule has 33 heavy (non-hydrogen) atoms. The van der Waals surface area contributed by atoms with Gasteiger partial charge >= 0.3 is 5.97 Å². The highest BCUT2D eigenvalue weighted by atomic mass is 32.2. The first kappa shape index (κ1) is 22.4. The average molecular weight is 458 g/mol. The Morgan fingerprint density at radius 2 is 1.55 bits per heavy atom. The lowest BCUT2D eigenvalue weighted by Gasteiger charge is -2.18. The Hall–Kier alpha value is -3.84. The van der Waals surface area contributed by atoms with Crippen molar-refractivity contribution in [1.29, 1.82) is 0 Å². The maximum atomic E-state index is 13.6. The maximum Gasteiger partial charge on any atom is 0.343 e. The highest BCUT2D eigenvalue weighted by molar-refractivity contribution is 8.00. The molecule has 0 saturated carbocycles. The highest BCUT2D eigenvalue weighted by Crippen LogP contribution is 2.36. The van der Waals surface area contributed by atoms with Gasteiger partial charge in [-0.3, -0.25) is 4.79 Å². The molecule has 1 heterocycles. The molecule has 0 radical (unpaired) electrons. The second-order valence-corrected chi connectivity index (χ2v) is 8.26. The minimum Gasteiger partial charge on any atom is -0.462 e. The zero-order valence-electron chi connectivity index (χ0n) is 18.0. The van der Waals surface area contributed by atoms with E-state index in [1.165, 1.54) is 18.0 Å². The summed E-state index contributed by atoms with van der Waals surface area (Å²) in [6, 6.07) is 28.6. The number of ether oxygens (including phenoxy) is 1. The number of esters is 1. The lowest BCUT2D eigenvalue weighted by atomic mass is 10.1. The van der Waals surface area contributed by atoms with Crippen LogP contribution in [0.5, 0.6) is 0 Å². The number of aromatic nitrogens is 2. The molecule has 0 saturated heterocycles. The first-order valence-electron chi connectivity index (χ1n) is 10.6. The van der Waals surface area contributed by atoms with E-state index in [0.29, 0.717) is 0 Å². The van der Waals surface area contributed by atoms with Crippen molar-refractivity contribution < 1.29 is 14.3 Å². The summed E-state index contributed by atoms with van der Waals surface area (Å²) < 4.78 is 6.73. The van der Waals surface area contributed by atoms with Gasteiger partial charge in [0.1, 0.15) is 10.8 Å². The van der Waals surface area contributed by atoms with Crippen molar-refractivity contribution >= 4 is 29.5 Å². The van der Waals surface area contributed by atoms with Crippen LogP contribution in [-0.2, 0) is 9.53 Å². The lowest BCUT2D eigenvalue weighted by Crippen LogP contribution is -2.22. The zero-order chi connectivity index (χ0) is 23.0. The molecule has 0 spiro atoms. The number of rotatable bonds is 8. The molecule has 0 bridgehead atoms. The molecule has 1 amide bonds. The summed E-state index contributed by atoms with van der Waals surface area (Å²) in [4.78, 5) is 27.2. The van der Waals surface area contributed by atoms with E-state index in [1.807, 2.05) is 91.0 Å². The second-order valence-electron chi connectivity index (χ2n) is 7.09. The van der Waals surface area contributed by atoms with Crippen molar-refractivity contribution in [1.82, 2.24) is 9.78 Å². The fourth-order valence-corrected chi connectivity index (χ4v) is 4.36. The summed E-state index contributed by atoms with van der Waals surface area (Å²) in [6.07, 6.45) is 1.42. The predicted molar refractivity (Wildman–Crippen MR) is 130 cm³/mol. The van der Waals surface area contributed by atoms with Gasteiger partial charge < -0.3 is 10.1 Å². The molecule has 1 N–H and O–H groups in total. The zero-order valence-corrected chi connectivity index (χ0v) is 18.9.